The van der Waals surface area contributed by atoms with Crippen LogP contribution in [0.4, 0.5) is 4.79 Å². The highest BCUT2D eigenvalue weighted by molar-refractivity contribution is 7.07. The Morgan fingerprint density at radius 3 is 2.86 bits per heavy atom. The average Bonchev–Trinajstić information content (AvgIpc) is 3.13. The van der Waals surface area contributed by atoms with E-state index in [0.29, 0.717) is 19.0 Å². The lowest BCUT2D eigenvalue weighted by Crippen LogP contribution is -2.37. The summed E-state index contributed by atoms with van der Waals surface area (Å²) in [7, 11) is 0. The predicted octanol–water partition coefficient (Wildman–Crippen LogP) is 3.39. The number of nitrogens with one attached hydrogen (secondary N) is 2. The van der Waals surface area contributed by atoms with Gasteiger partial charge in [-0.25, -0.2) is 4.79 Å². The molecule has 0 radical (unpaired) electrons. The molecule has 0 aliphatic rings. The van der Waals surface area contributed by atoms with Crippen molar-refractivity contribution >= 4 is 17.4 Å². The fourth-order valence-corrected chi connectivity index (χ4v) is 3.09. The Hall–Kier alpha value is -1.82. The summed E-state index contributed by atoms with van der Waals surface area (Å²) in [6.45, 7) is 7.26. The maximum atomic E-state index is 11.8. The van der Waals surface area contributed by atoms with E-state index in [9.17, 15) is 4.79 Å². The van der Waals surface area contributed by atoms with Crippen molar-refractivity contribution in [2.45, 2.75) is 39.5 Å². The Morgan fingerprint density at radius 2 is 2.23 bits per heavy atom. The number of thiophene rings is 1. The molecule has 2 heterocycles. The molecule has 120 valence electrons. The normalized spacial score (nSPS) is 12.1. The van der Waals surface area contributed by atoms with Crippen molar-refractivity contribution in [1.29, 1.82) is 0 Å². The van der Waals surface area contributed by atoms with Crippen LogP contribution in [0.5, 0.6) is 0 Å². The minimum Gasteiger partial charge on any atom is -0.361 e. The molecule has 2 rings (SSSR count). The van der Waals surface area contributed by atoms with Crippen molar-refractivity contribution in [2.24, 2.45) is 0 Å². The molecule has 1 atom stereocenters. The van der Waals surface area contributed by atoms with Gasteiger partial charge in [0.1, 0.15) is 5.76 Å². The quantitative estimate of drug-likeness (QED) is 0.768. The number of carbonyl (C=O) groups is 1. The summed E-state index contributed by atoms with van der Waals surface area (Å²) in [4.78, 5) is 11.8. The molecule has 0 unspecified atom stereocenters. The van der Waals surface area contributed by atoms with Gasteiger partial charge in [-0.2, -0.15) is 11.3 Å². The summed E-state index contributed by atoms with van der Waals surface area (Å²) < 4.78 is 5.12. The molecule has 2 aromatic rings. The summed E-state index contributed by atoms with van der Waals surface area (Å²) in [6.07, 6.45) is 1.74. The number of hydrogen-bond donors (Lipinski definition) is 2. The number of amides is 2. The van der Waals surface area contributed by atoms with Gasteiger partial charge in [0.2, 0.25) is 0 Å². The van der Waals surface area contributed by atoms with E-state index in [4.69, 9.17) is 4.52 Å². The van der Waals surface area contributed by atoms with Crippen LogP contribution < -0.4 is 10.6 Å². The monoisotopic (exact) mass is 321 g/mol. The van der Waals surface area contributed by atoms with Crippen molar-refractivity contribution < 1.29 is 9.32 Å². The molecule has 6 heteroatoms. The third-order valence-electron chi connectivity index (χ3n) is 3.75. The maximum absolute atomic E-state index is 11.8. The SMILES string of the molecule is Cc1noc(C)c1CCCNC(=O)NC[C@@H](C)c1ccsc1. The predicted molar refractivity (Wildman–Crippen MR) is 88.4 cm³/mol. The smallest absolute Gasteiger partial charge is 0.314 e. The number of nitrogens with zero attached hydrogens (tertiary/aromatic N) is 1. The van der Waals surface area contributed by atoms with E-state index in [1.54, 1.807) is 11.3 Å². The van der Waals surface area contributed by atoms with Crippen molar-refractivity contribution in [3.8, 4) is 0 Å². The first-order valence-electron chi connectivity index (χ1n) is 7.53. The third-order valence-corrected chi connectivity index (χ3v) is 4.45. The van der Waals surface area contributed by atoms with E-state index in [0.717, 1.165) is 29.9 Å². The van der Waals surface area contributed by atoms with E-state index < -0.39 is 0 Å². The lowest BCUT2D eigenvalue weighted by atomic mass is 10.1. The summed E-state index contributed by atoms with van der Waals surface area (Å²) in [6, 6.07) is 1.99. The van der Waals surface area contributed by atoms with Gasteiger partial charge in [0.15, 0.2) is 0 Å². The highest BCUT2D eigenvalue weighted by Gasteiger charge is 2.09. The minimum absolute atomic E-state index is 0.110. The van der Waals surface area contributed by atoms with Crippen LogP contribution in [0.25, 0.3) is 0 Å². The van der Waals surface area contributed by atoms with Gasteiger partial charge in [-0.05, 0) is 55.0 Å². The Bertz CT molecular complexity index is 573. The van der Waals surface area contributed by atoms with Gasteiger partial charge < -0.3 is 15.2 Å². The number of aromatic nitrogens is 1. The van der Waals surface area contributed by atoms with Gasteiger partial charge in [0.25, 0.3) is 0 Å². The van der Waals surface area contributed by atoms with E-state index in [1.807, 2.05) is 13.8 Å². The Kier molecular flexibility index (Phi) is 6.00. The molecular weight excluding hydrogens is 298 g/mol. The molecular formula is C16H23N3O2S. The largest absolute Gasteiger partial charge is 0.361 e. The average molecular weight is 321 g/mol. The summed E-state index contributed by atoms with van der Waals surface area (Å²) in [5, 5.41) is 13.9. The van der Waals surface area contributed by atoms with Crippen LogP contribution in [0.1, 0.15) is 41.8 Å². The molecule has 2 N–H and O–H groups in total. The molecule has 5 nitrogen and oxygen atoms in total. The van der Waals surface area contributed by atoms with Crippen molar-refractivity contribution in [3.63, 3.8) is 0 Å². The highest BCUT2D eigenvalue weighted by atomic mass is 32.1. The van der Waals surface area contributed by atoms with Crippen molar-refractivity contribution in [1.82, 2.24) is 15.8 Å². The Morgan fingerprint density at radius 1 is 1.41 bits per heavy atom. The lowest BCUT2D eigenvalue weighted by molar-refractivity contribution is 0.240. The second-order valence-corrected chi connectivity index (χ2v) is 6.28. The molecule has 0 bridgehead atoms. The van der Waals surface area contributed by atoms with E-state index in [2.05, 4.69) is 39.5 Å². The lowest BCUT2D eigenvalue weighted by Gasteiger charge is -2.12. The Labute approximate surface area is 135 Å². The third kappa shape index (κ3) is 4.59. The summed E-state index contributed by atoms with van der Waals surface area (Å²) in [5.74, 6) is 1.20. The molecule has 22 heavy (non-hydrogen) atoms. The first kappa shape index (κ1) is 16.5. The number of aryl methyl sites for hydroxylation is 2. The van der Waals surface area contributed by atoms with Gasteiger partial charge in [0, 0.05) is 18.7 Å². The van der Waals surface area contributed by atoms with E-state index >= 15 is 0 Å². The standard InChI is InChI=1S/C16H23N3O2S/c1-11(14-6-8-22-10-14)9-18-16(20)17-7-4-5-15-12(2)19-21-13(15)3/h6,8,10-11H,4-5,7,9H2,1-3H3,(H2,17,18,20)/t11-/m1/s1. The van der Waals surface area contributed by atoms with Gasteiger partial charge in [-0.1, -0.05) is 12.1 Å². The van der Waals surface area contributed by atoms with Gasteiger partial charge in [-0.15, -0.1) is 0 Å². The zero-order valence-electron chi connectivity index (χ0n) is 13.3. The molecule has 0 spiro atoms. The number of rotatable bonds is 7. The van der Waals surface area contributed by atoms with Crippen LogP contribution in [-0.2, 0) is 6.42 Å². The van der Waals surface area contributed by atoms with Crippen LogP contribution in [0.2, 0.25) is 0 Å². The number of urea groups is 1. The fourth-order valence-electron chi connectivity index (χ4n) is 2.31. The van der Waals surface area contributed by atoms with E-state index in [1.165, 1.54) is 5.56 Å². The first-order chi connectivity index (χ1) is 10.6. The second-order valence-electron chi connectivity index (χ2n) is 5.50. The molecule has 0 saturated heterocycles. The number of hydrogen-bond acceptors (Lipinski definition) is 4. The minimum atomic E-state index is -0.110. The first-order valence-corrected chi connectivity index (χ1v) is 8.47. The van der Waals surface area contributed by atoms with Gasteiger partial charge in [0.05, 0.1) is 5.69 Å². The molecule has 2 aromatic heterocycles. The van der Waals surface area contributed by atoms with Crippen LogP contribution in [-0.4, -0.2) is 24.3 Å². The highest BCUT2D eigenvalue weighted by Crippen LogP contribution is 2.17. The molecule has 0 fully saturated rings. The topological polar surface area (TPSA) is 67.2 Å². The Balaban J connectivity index is 1.62. The van der Waals surface area contributed by atoms with Crippen molar-refractivity contribution in [3.05, 3.63) is 39.4 Å². The van der Waals surface area contributed by atoms with Crippen LogP contribution in [0.3, 0.4) is 0 Å². The fraction of sp³-hybridized carbons (Fsp3) is 0.500. The zero-order chi connectivity index (χ0) is 15.9. The number of carbonyl (C=O) groups excluding carboxylic acids is 1. The zero-order valence-corrected chi connectivity index (χ0v) is 14.1. The molecule has 0 saturated carbocycles. The van der Waals surface area contributed by atoms with Gasteiger partial charge in [-0.3, -0.25) is 0 Å². The molecule has 2 amide bonds. The molecule has 0 aliphatic heterocycles. The van der Waals surface area contributed by atoms with Crippen LogP contribution >= 0.6 is 11.3 Å². The van der Waals surface area contributed by atoms with Crippen LogP contribution in [0, 0.1) is 13.8 Å². The molecule has 0 aromatic carbocycles. The van der Waals surface area contributed by atoms with Gasteiger partial charge >= 0.3 is 6.03 Å². The molecule has 0 aliphatic carbocycles. The summed E-state index contributed by atoms with van der Waals surface area (Å²) in [5.41, 5.74) is 3.35. The second kappa shape index (κ2) is 7.98. The van der Waals surface area contributed by atoms with E-state index in [-0.39, 0.29) is 6.03 Å². The van der Waals surface area contributed by atoms with Crippen molar-refractivity contribution in [2.75, 3.05) is 13.1 Å². The van der Waals surface area contributed by atoms with Crippen LogP contribution in [0.15, 0.2) is 21.3 Å². The maximum Gasteiger partial charge on any atom is 0.314 e. The summed E-state index contributed by atoms with van der Waals surface area (Å²) >= 11 is 1.68.